The fourth-order valence-electron chi connectivity index (χ4n) is 3.23. The van der Waals surface area contributed by atoms with Crippen LogP contribution in [0.15, 0.2) is 0 Å². The summed E-state index contributed by atoms with van der Waals surface area (Å²) in [5, 5.41) is 8.78. The van der Waals surface area contributed by atoms with Crippen LogP contribution in [0.5, 0.6) is 0 Å². The molecule has 0 bridgehead atoms. The predicted molar refractivity (Wildman–Crippen MR) is 71.5 cm³/mol. The molecule has 1 heterocycles. The number of carbonyl (C=O) groups excluding carboxylic acids is 1. The summed E-state index contributed by atoms with van der Waals surface area (Å²) >= 11 is 0. The molecule has 0 aromatic rings. The van der Waals surface area contributed by atoms with Crippen molar-refractivity contribution in [1.82, 2.24) is 4.90 Å². The van der Waals surface area contributed by atoms with Crippen LogP contribution in [-0.4, -0.2) is 41.0 Å². The number of hydrogen-bond acceptors (Lipinski definition) is 3. The van der Waals surface area contributed by atoms with Gasteiger partial charge in [-0.05, 0) is 44.4 Å². The van der Waals surface area contributed by atoms with Gasteiger partial charge in [0, 0.05) is 31.5 Å². The number of nitrogens with zero attached hydrogens (tertiary/aromatic N) is 1. The Morgan fingerprint density at radius 3 is 2.16 bits per heavy atom. The van der Waals surface area contributed by atoms with E-state index in [0.29, 0.717) is 0 Å². The van der Waals surface area contributed by atoms with Gasteiger partial charge in [-0.1, -0.05) is 0 Å². The molecule has 0 atom stereocenters. The number of carboxylic acid groups (broad SMARTS) is 1. The second-order valence-electron chi connectivity index (χ2n) is 5.98. The van der Waals surface area contributed by atoms with Gasteiger partial charge < -0.3 is 15.7 Å². The summed E-state index contributed by atoms with van der Waals surface area (Å²) in [7, 11) is 0. The zero-order valence-corrected chi connectivity index (χ0v) is 11.4. The van der Waals surface area contributed by atoms with Crippen LogP contribution in [0.2, 0.25) is 0 Å². The van der Waals surface area contributed by atoms with Gasteiger partial charge in [-0.2, -0.15) is 0 Å². The third-order valence-corrected chi connectivity index (χ3v) is 4.51. The van der Waals surface area contributed by atoms with Crippen molar-refractivity contribution in [3.8, 4) is 0 Å². The largest absolute Gasteiger partial charge is 0.481 e. The van der Waals surface area contributed by atoms with Crippen LogP contribution in [0.1, 0.15) is 44.9 Å². The minimum Gasteiger partial charge on any atom is -0.481 e. The van der Waals surface area contributed by atoms with Gasteiger partial charge in [0.1, 0.15) is 0 Å². The average Bonchev–Trinajstić information content (AvgIpc) is 2.39. The van der Waals surface area contributed by atoms with Crippen LogP contribution < -0.4 is 5.73 Å². The van der Waals surface area contributed by atoms with Gasteiger partial charge >= 0.3 is 5.97 Å². The molecule has 1 saturated heterocycles. The fraction of sp³-hybridized carbons (Fsp3) is 0.857. The number of nitrogens with two attached hydrogens (primary N) is 1. The van der Waals surface area contributed by atoms with Crippen LogP contribution in [-0.2, 0) is 9.59 Å². The highest BCUT2D eigenvalue weighted by Gasteiger charge is 2.30. The molecule has 1 amide bonds. The van der Waals surface area contributed by atoms with Gasteiger partial charge in [0.25, 0.3) is 0 Å². The van der Waals surface area contributed by atoms with Gasteiger partial charge in [0.05, 0.1) is 0 Å². The normalized spacial score (nSPS) is 29.2. The molecule has 1 saturated carbocycles. The van der Waals surface area contributed by atoms with E-state index in [1.54, 1.807) is 0 Å². The summed E-state index contributed by atoms with van der Waals surface area (Å²) in [6.07, 6.45) is 5.61. The Kier molecular flexibility index (Phi) is 4.80. The van der Waals surface area contributed by atoms with E-state index < -0.39 is 5.97 Å². The SMILES string of the molecule is NC1CCC(C(=O)N2CCC(CC(=O)O)CC2)CC1. The summed E-state index contributed by atoms with van der Waals surface area (Å²) in [4.78, 5) is 25.0. The van der Waals surface area contributed by atoms with E-state index in [0.717, 1.165) is 51.6 Å². The number of rotatable bonds is 3. The van der Waals surface area contributed by atoms with E-state index in [1.165, 1.54) is 0 Å². The standard InChI is InChI=1S/C14H24N2O3/c15-12-3-1-11(2-4-12)14(19)16-7-5-10(6-8-16)9-13(17)18/h10-12H,1-9,15H2,(H,17,18). The topological polar surface area (TPSA) is 83.6 Å². The van der Waals surface area contributed by atoms with E-state index in [-0.39, 0.29) is 30.2 Å². The van der Waals surface area contributed by atoms with Crippen molar-refractivity contribution >= 4 is 11.9 Å². The Morgan fingerprint density at radius 1 is 1.05 bits per heavy atom. The molecule has 3 N–H and O–H groups in total. The molecular weight excluding hydrogens is 244 g/mol. The molecular formula is C14H24N2O3. The highest BCUT2D eigenvalue weighted by Crippen LogP contribution is 2.27. The molecule has 0 aromatic heterocycles. The van der Waals surface area contributed by atoms with Crippen molar-refractivity contribution in [1.29, 1.82) is 0 Å². The van der Waals surface area contributed by atoms with Gasteiger partial charge in [-0.3, -0.25) is 9.59 Å². The van der Waals surface area contributed by atoms with Crippen LogP contribution in [0, 0.1) is 11.8 Å². The monoisotopic (exact) mass is 268 g/mol. The second kappa shape index (κ2) is 6.37. The molecule has 0 aromatic carbocycles. The number of piperidine rings is 1. The van der Waals surface area contributed by atoms with E-state index >= 15 is 0 Å². The minimum absolute atomic E-state index is 0.149. The number of amides is 1. The maximum absolute atomic E-state index is 12.4. The summed E-state index contributed by atoms with van der Waals surface area (Å²) in [5.74, 6) is -0.0797. The first-order valence-corrected chi connectivity index (χ1v) is 7.32. The maximum Gasteiger partial charge on any atom is 0.303 e. The van der Waals surface area contributed by atoms with Crippen LogP contribution in [0.25, 0.3) is 0 Å². The van der Waals surface area contributed by atoms with Crippen molar-refractivity contribution in [2.75, 3.05) is 13.1 Å². The quantitative estimate of drug-likeness (QED) is 0.806. The van der Waals surface area contributed by atoms with E-state index in [1.807, 2.05) is 4.90 Å². The number of likely N-dealkylation sites (tertiary alicyclic amines) is 1. The average molecular weight is 268 g/mol. The summed E-state index contributed by atoms with van der Waals surface area (Å²) in [5.41, 5.74) is 5.86. The molecule has 108 valence electrons. The summed E-state index contributed by atoms with van der Waals surface area (Å²) in [6.45, 7) is 1.44. The first kappa shape index (κ1) is 14.3. The molecule has 5 nitrogen and oxygen atoms in total. The van der Waals surface area contributed by atoms with Crippen molar-refractivity contribution < 1.29 is 14.7 Å². The van der Waals surface area contributed by atoms with Crippen LogP contribution in [0.4, 0.5) is 0 Å². The highest BCUT2D eigenvalue weighted by molar-refractivity contribution is 5.79. The Hall–Kier alpha value is -1.10. The Bertz CT molecular complexity index is 330. The first-order chi connectivity index (χ1) is 9.06. The van der Waals surface area contributed by atoms with Gasteiger partial charge in [-0.15, -0.1) is 0 Å². The van der Waals surface area contributed by atoms with E-state index in [2.05, 4.69) is 0 Å². The van der Waals surface area contributed by atoms with E-state index in [9.17, 15) is 9.59 Å². The van der Waals surface area contributed by atoms with E-state index in [4.69, 9.17) is 10.8 Å². The number of aliphatic carboxylic acids is 1. The Morgan fingerprint density at radius 2 is 1.63 bits per heavy atom. The van der Waals surface area contributed by atoms with Crippen molar-refractivity contribution in [2.24, 2.45) is 17.6 Å². The predicted octanol–water partition coefficient (Wildman–Crippen LogP) is 1.22. The van der Waals surface area contributed by atoms with Crippen molar-refractivity contribution in [3.63, 3.8) is 0 Å². The third-order valence-electron chi connectivity index (χ3n) is 4.51. The molecule has 0 unspecified atom stereocenters. The second-order valence-corrected chi connectivity index (χ2v) is 5.98. The molecule has 2 rings (SSSR count). The van der Waals surface area contributed by atoms with Crippen molar-refractivity contribution in [3.05, 3.63) is 0 Å². The van der Waals surface area contributed by atoms with Gasteiger partial charge in [-0.25, -0.2) is 0 Å². The molecule has 2 fully saturated rings. The van der Waals surface area contributed by atoms with Crippen molar-refractivity contribution in [2.45, 2.75) is 51.0 Å². The smallest absolute Gasteiger partial charge is 0.303 e. The van der Waals surface area contributed by atoms with Crippen LogP contribution >= 0.6 is 0 Å². The lowest BCUT2D eigenvalue weighted by atomic mass is 9.84. The summed E-state index contributed by atoms with van der Waals surface area (Å²) < 4.78 is 0. The first-order valence-electron chi connectivity index (χ1n) is 7.32. The zero-order chi connectivity index (χ0) is 13.8. The maximum atomic E-state index is 12.4. The molecule has 1 aliphatic heterocycles. The lowest BCUT2D eigenvalue weighted by Gasteiger charge is -2.35. The number of hydrogen-bond donors (Lipinski definition) is 2. The molecule has 1 aliphatic carbocycles. The number of carbonyl (C=O) groups is 2. The highest BCUT2D eigenvalue weighted by atomic mass is 16.4. The Labute approximate surface area is 114 Å². The minimum atomic E-state index is -0.731. The molecule has 0 radical (unpaired) electrons. The van der Waals surface area contributed by atoms with Gasteiger partial charge in [0.2, 0.25) is 5.91 Å². The lowest BCUT2D eigenvalue weighted by Crippen LogP contribution is -2.43. The molecule has 5 heteroatoms. The third kappa shape index (κ3) is 3.93. The van der Waals surface area contributed by atoms with Gasteiger partial charge in [0.15, 0.2) is 0 Å². The lowest BCUT2D eigenvalue weighted by molar-refractivity contribution is -0.139. The van der Waals surface area contributed by atoms with Crippen LogP contribution in [0.3, 0.4) is 0 Å². The number of carboxylic acids is 1. The Balaban J connectivity index is 1.77. The fourth-order valence-corrected chi connectivity index (χ4v) is 3.23. The molecule has 0 spiro atoms. The molecule has 2 aliphatic rings. The molecule has 19 heavy (non-hydrogen) atoms. The summed E-state index contributed by atoms with van der Waals surface area (Å²) in [6, 6.07) is 0.269. The zero-order valence-electron chi connectivity index (χ0n) is 11.4.